The summed E-state index contributed by atoms with van der Waals surface area (Å²) in [6, 6.07) is 0. The van der Waals surface area contributed by atoms with Crippen molar-refractivity contribution in [2.45, 2.75) is 18.9 Å². The predicted octanol–water partition coefficient (Wildman–Crippen LogP) is 0.524. The Labute approximate surface area is 71.2 Å². The number of carbonyl (C=O) groups is 2. The lowest BCUT2D eigenvalue weighted by Crippen LogP contribution is -2.40. The van der Waals surface area contributed by atoms with Gasteiger partial charge in [-0.1, -0.05) is 0 Å². The van der Waals surface area contributed by atoms with Crippen LogP contribution < -0.4 is 0 Å². The van der Waals surface area contributed by atoms with Gasteiger partial charge in [-0.3, -0.25) is 4.79 Å². The zero-order valence-corrected chi connectivity index (χ0v) is 7.64. The molecule has 6 heteroatoms. The first kappa shape index (κ1) is 9.39. The fourth-order valence-corrected chi connectivity index (χ4v) is 1.25. The van der Waals surface area contributed by atoms with Gasteiger partial charge in [0.25, 0.3) is 5.91 Å². The summed E-state index contributed by atoms with van der Waals surface area (Å²) in [5, 5.41) is 0. The molecule has 1 heterocycles. The Hall–Kier alpha value is -0.700. The molecule has 0 bridgehead atoms. The highest BCUT2D eigenvalue weighted by molar-refractivity contribution is 7.17. The van der Waals surface area contributed by atoms with E-state index in [2.05, 4.69) is 14.0 Å². The van der Waals surface area contributed by atoms with Gasteiger partial charge in [0.1, 0.15) is 6.61 Å². The Morgan fingerprint density at radius 3 is 2.83 bits per heavy atom. The number of carbonyl (C=O) groups excluding carboxylic acids is 2. The van der Waals surface area contributed by atoms with Crippen LogP contribution in [0.5, 0.6) is 0 Å². The maximum Gasteiger partial charge on any atom is 0.417 e. The quantitative estimate of drug-likeness (QED) is 0.570. The first-order valence-electron chi connectivity index (χ1n) is 3.43. The second kappa shape index (κ2) is 3.35. The van der Waals surface area contributed by atoms with Crippen LogP contribution in [0, 0.1) is 0 Å². The summed E-state index contributed by atoms with van der Waals surface area (Å²) in [5.41, 5.74) is 0. The average Bonchev–Trinajstić information content (AvgIpc) is 2.30. The lowest BCUT2D eigenvalue weighted by atomic mass is 10.4. The second-order valence-electron chi connectivity index (χ2n) is 2.47. The molecule has 4 nitrogen and oxygen atoms in total. The van der Waals surface area contributed by atoms with Crippen molar-refractivity contribution in [2.75, 3.05) is 6.61 Å². The lowest BCUT2D eigenvalue weighted by molar-refractivity contribution is -0.132. The number of imide groups is 1. The third kappa shape index (κ3) is 1.55. The number of ether oxygens (including phenoxy) is 1. The highest BCUT2D eigenvalue weighted by Crippen LogP contribution is 2.19. The summed E-state index contributed by atoms with van der Waals surface area (Å²) >= 11 is 0. The third-order valence-corrected chi connectivity index (χ3v) is 1.97. The molecule has 1 rings (SSSR count). The summed E-state index contributed by atoms with van der Waals surface area (Å²) in [7, 11) is 2.24. The minimum absolute atomic E-state index is 0.113. The number of rotatable bonds is 1. The van der Waals surface area contributed by atoms with Gasteiger partial charge in [-0.2, -0.15) is 0 Å². The van der Waals surface area contributed by atoms with Crippen LogP contribution in [-0.4, -0.2) is 35.5 Å². The fraction of sp³-hybridized carbons (Fsp3) is 0.667. The first-order chi connectivity index (χ1) is 5.54. The third-order valence-electron chi connectivity index (χ3n) is 1.48. The Morgan fingerprint density at radius 2 is 2.50 bits per heavy atom. The predicted molar refractivity (Wildman–Crippen MR) is 42.3 cm³/mol. The molecule has 1 aliphatic rings. The molecule has 0 aromatic carbocycles. The van der Waals surface area contributed by atoms with Crippen LogP contribution in [0.3, 0.4) is 0 Å². The van der Waals surface area contributed by atoms with E-state index < -0.39 is 24.0 Å². The molecule has 1 aliphatic heterocycles. The van der Waals surface area contributed by atoms with Crippen LogP contribution in [-0.2, 0) is 9.53 Å². The molecular formula is C6H9FNO3P. The Bertz CT molecular complexity index is 221. The van der Waals surface area contributed by atoms with E-state index in [1.807, 2.05) is 0 Å². The maximum absolute atomic E-state index is 12.5. The van der Waals surface area contributed by atoms with E-state index in [4.69, 9.17) is 0 Å². The normalized spacial score (nSPS) is 25.4. The molecule has 1 fully saturated rings. The molecule has 1 saturated heterocycles. The summed E-state index contributed by atoms with van der Waals surface area (Å²) in [6.45, 7) is 1.20. The summed E-state index contributed by atoms with van der Waals surface area (Å²) in [6.07, 6.45) is -2.44. The van der Waals surface area contributed by atoms with Crippen LogP contribution in [0.2, 0.25) is 0 Å². The number of alkyl halides is 1. The number of amides is 2. The number of halogens is 1. The minimum Gasteiger partial charge on any atom is -0.447 e. The van der Waals surface area contributed by atoms with E-state index in [0.717, 1.165) is 11.8 Å². The Kier molecular flexibility index (Phi) is 2.62. The summed E-state index contributed by atoms with van der Waals surface area (Å²) in [4.78, 5) is 22.6. The van der Waals surface area contributed by atoms with Gasteiger partial charge in [0.15, 0.2) is 6.17 Å². The Morgan fingerprint density at radius 1 is 1.92 bits per heavy atom. The molecule has 2 unspecified atom stereocenters. The molecule has 0 radical (unpaired) electrons. The van der Waals surface area contributed by atoms with Gasteiger partial charge >= 0.3 is 6.09 Å². The van der Waals surface area contributed by atoms with Gasteiger partial charge in [0, 0.05) is 0 Å². The van der Waals surface area contributed by atoms with E-state index in [-0.39, 0.29) is 6.61 Å². The van der Waals surface area contributed by atoms with E-state index in [1.54, 1.807) is 0 Å². The lowest BCUT2D eigenvalue weighted by Gasteiger charge is -2.15. The van der Waals surface area contributed by atoms with E-state index in [0.29, 0.717) is 0 Å². The smallest absolute Gasteiger partial charge is 0.417 e. The molecule has 0 aromatic heterocycles. The molecule has 0 aliphatic carbocycles. The van der Waals surface area contributed by atoms with Gasteiger partial charge < -0.3 is 4.74 Å². The second-order valence-corrected chi connectivity index (χ2v) is 3.24. The molecule has 0 N–H and O–H groups in total. The zero-order chi connectivity index (χ0) is 9.30. The fourth-order valence-electron chi connectivity index (χ4n) is 0.881. The molecular weight excluding hydrogens is 184 g/mol. The van der Waals surface area contributed by atoms with Gasteiger partial charge in [0.05, 0.1) is 5.78 Å². The molecule has 0 saturated carbocycles. The number of nitrogens with zero attached hydrogens (tertiary/aromatic N) is 1. The number of cyclic esters (lactones) is 1. The van der Waals surface area contributed by atoms with Gasteiger partial charge in [-0.05, 0) is 6.92 Å². The molecule has 0 aromatic rings. The molecule has 2 amide bonds. The molecule has 12 heavy (non-hydrogen) atoms. The average molecular weight is 193 g/mol. The van der Waals surface area contributed by atoms with Crippen molar-refractivity contribution in [3.63, 3.8) is 0 Å². The standard InChI is InChI=1S/C6H9FNO3P/c1-3(7)5(9)8-4(12)2-11-6(8)10/h3-4H,2,12H2,1H3/t3?,4-/m0/s1. The zero-order valence-electron chi connectivity index (χ0n) is 6.49. The van der Waals surface area contributed by atoms with Crippen molar-refractivity contribution >= 4 is 21.2 Å². The minimum atomic E-state index is -1.67. The van der Waals surface area contributed by atoms with Gasteiger partial charge in [0.2, 0.25) is 0 Å². The van der Waals surface area contributed by atoms with Crippen LogP contribution >= 0.6 is 9.24 Å². The molecule has 68 valence electrons. The SMILES string of the molecule is CC(F)C(=O)N1C(=O)OC[C@@H]1P. The number of hydrogen-bond donors (Lipinski definition) is 0. The highest BCUT2D eigenvalue weighted by Gasteiger charge is 2.37. The van der Waals surface area contributed by atoms with Gasteiger partial charge in [-0.25, -0.2) is 14.1 Å². The van der Waals surface area contributed by atoms with Crippen molar-refractivity contribution in [1.82, 2.24) is 4.90 Å². The van der Waals surface area contributed by atoms with Crippen molar-refractivity contribution in [3.05, 3.63) is 0 Å². The van der Waals surface area contributed by atoms with E-state index >= 15 is 0 Å². The van der Waals surface area contributed by atoms with Crippen LogP contribution in [0.1, 0.15) is 6.92 Å². The van der Waals surface area contributed by atoms with Crippen molar-refractivity contribution in [1.29, 1.82) is 0 Å². The van der Waals surface area contributed by atoms with Crippen LogP contribution in [0.15, 0.2) is 0 Å². The van der Waals surface area contributed by atoms with Gasteiger partial charge in [-0.15, -0.1) is 9.24 Å². The summed E-state index contributed by atoms with van der Waals surface area (Å²) < 4.78 is 17.0. The van der Waals surface area contributed by atoms with Crippen molar-refractivity contribution in [3.8, 4) is 0 Å². The topological polar surface area (TPSA) is 46.6 Å². The van der Waals surface area contributed by atoms with E-state index in [9.17, 15) is 14.0 Å². The highest BCUT2D eigenvalue weighted by atomic mass is 31.0. The monoisotopic (exact) mass is 193 g/mol. The maximum atomic E-state index is 12.5. The first-order valence-corrected chi connectivity index (χ1v) is 4.10. The Balaban J connectivity index is 2.73. The number of hydrogen-bond acceptors (Lipinski definition) is 3. The molecule has 3 atom stereocenters. The summed E-state index contributed by atoms with van der Waals surface area (Å²) in [5.74, 6) is -1.29. The largest absolute Gasteiger partial charge is 0.447 e. The molecule has 0 spiro atoms. The van der Waals surface area contributed by atoms with Crippen LogP contribution in [0.4, 0.5) is 9.18 Å². The van der Waals surface area contributed by atoms with E-state index in [1.165, 1.54) is 0 Å². The van der Waals surface area contributed by atoms with Crippen molar-refractivity contribution in [2.24, 2.45) is 0 Å². The van der Waals surface area contributed by atoms with Crippen molar-refractivity contribution < 1.29 is 18.7 Å². The van der Waals surface area contributed by atoms with Crippen LogP contribution in [0.25, 0.3) is 0 Å².